The minimum Gasteiger partial charge on any atom is -0.393 e. The fourth-order valence-corrected chi connectivity index (χ4v) is 3.84. The molecule has 0 radical (unpaired) electrons. The molecular weight excluding hydrogens is 222 g/mol. The van der Waals surface area contributed by atoms with Crippen LogP contribution < -0.4 is 5.32 Å². The molecule has 2 saturated carbocycles. The average molecular weight is 253 g/mol. The van der Waals surface area contributed by atoms with Gasteiger partial charge in [0.05, 0.1) is 6.10 Å². The van der Waals surface area contributed by atoms with Crippen LogP contribution in [0, 0.1) is 11.8 Å². The zero-order chi connectivity index (χ0) is 12.8. The van der Waals surface area contributed by atoms with E-state index in [1.807, 2.05) is 0 Å². The van der Waals surface area contributed by atoms with E-state index in [2.05, 4.69) is 12.2 Å². The monoisotopic (exact) mass is 253 g/mol. The van der Waals surface area contributed by atoms with Crippen molar-refractivity contribution in [3.05, 3.63) is 0 Å². The summed E-state index contributed by atoms with van der Waals surface area (Å²) in [5.41, 5.74) is 0. The van der Waals surface area contributed by atoms with Gasteiger partial charge in [0.25, 0.3) is 0 Å². The molecule has 0 saturated heterocycles. The Kier molecular flexibility index (Phi) is 5.97. The molecule has 2 fully saturated rings. The van der Waals surface area contributed by atoms with Crippen LogP contribution in [0.5, 0.6) is 0 Å². The van der Waals surface area contributed by atoms with Crippen molar-refractivity contribution >= 4 is 0 Å². The van der Waals surface area contributed by atoms with Crippen LogP contribution in [0.4, 0.5) is 0 Å². The lowest BCUT2D eigenvalue weighted by atomic mass is 9.83. The number of hydrogen-bond donors (Lipinski definition) is 2. The summed E-state index contributed by atoms with van der Waals surface area (Å²) in [6.07, 6.45) is 13.0. The molecule has 2 unspecified atom stereocenters. The Bertz CT molecular complexity index is 223. The molecule has 2 N–H and O–H groups in total. The normalized spacial score (nSPS) is 37.7. The fraction of sp³-hybridized carbons (Fsp3) is 1.00. The molecule has 2 aliphatic carbocycles. The maximum Gasteiger partial charge on any atom is 0.0543 e. The van der Waals surface area contributed by atoms with Crippen LogP contribution in [-0.2, 0) is 0 Å². The van der Waals surface area contributed by atoms with Crippen LogP contribution in [0.25, 0.3) is 0 Å². The van der Waals surface area contributed by atoms with Crippen LogP contribution in [0.1, 0.15) is 71.1 Å². The van der Waals surface area contributed by atoms with Crippen molar-refractivity contribution in [1.82, 2.24) is 5.32 Å². The van der Waals surface area contributed by atoms with Crippen LogP contribution in [0.3, 0.4) is 0 Å². The fourth-order valence-electron chi connectivity index (χ4n) is 3.84. The first-order valence-electron chi connectivity index (χ1n) is 8.19. The summed E-state index contributed by atoms with van der Waals surface area (Å²) in [4.78, 5) is 0. The molecule has 0 heterocycles. The van der Waals surface area contributed by atoms with E-state index in [9.17, 15) is 5.11 Å². The van der Waals surface area contributed by atoms with Crippen LogP contribution in [0.15, 0.2) is 0 Å². The van der Waals surface area contributed by atoms with Gasteiger partial charge in [0.2, 0.25) is 0 Å². The lowest BCUT2D eigenvalue weighted by Gasteiger charge is -2.32. The van der Waals surface area contributed by atoms with Gasteiger partial charge in [-0.3, -0.25) is 0 Å². The van der Waals surface area contributed by atoms with Crippen molar-refractivity contribution in [2.75, 3.05) is 6.54 Å². The number of aliphatic hydroxyl groups is 1. The molecule has 0 bridgehead atoms. The van der Waals surface area contributed by atoms with E-state index >= 15 is 0 Å². The molecular formula is C16H31NO. The molecule has 2 atom stereocenters. The predicted molar refractivity (Wildman–Crippen MR) is 76.6 cm³/mol. The Morgan fingerprint density at radius 2 is 1.78 bits per heavy atom. The van der Waals surface area contributed by atoms with Crippen molar-refractivity contribution in [2.45, 2.75) is 83.3 Å². The first-order valence-corrected chi connectivity index (χ1v) is 8.19. The van der Waals surface area contributed by atoms with Gasteiger partial charge in [-0.2, -0.15) is 0 Å². The summed E-state index contributed by atoms with van der Waals surface area (Å²) < 4.78 is 0. The first-order chi connectivity index (χ1) is 8.78. The molecule has 2 aliphatic rings. The Morgan fingerprint density at radius 1 is 1.00 bits per heavy atom. The molecule has 0 spiro atoms. The number of hydrogen-bond acceptors (Lipinski definition) is 2. The van der Waals surface area contributed by atoms with Gasteiger partial charge in [-0.15, -0.1) is 0 Å². The van der Waals surface area contributed by atoms with Gasteiger partial charge in [0, 0.05) is 6.04 Å². The topological polar surface area (TPSA) is 32.3 Å². The number of rotatable bonds is 5. The molecule has 18 heavy (non-hydrogen) atoms. The van der Waals surface area contributed by atoms with Gasteiger partial charge < -0.3 is 10.4 Å². The highest BCUT2D eigenvalue weighted by Gasteiger charge is 2.23. The largest absolute Gasteiger partial charge is 0.393 e. The minimum atomic E-state index is -0.0224. The molecule has 0 aromatic rings. The Morgan fingerprint density at radius 3 is 2.44 bits per heavy atom. The lowest BCUT2D eigenvalue weighted by molar-refractivity contribution is 0.0985. The molecule has 0 aromatic heterocycles. The summed E-state index contributed by atoms with van der Waals surface area (Å²) in [5.74, 6) is 1.73. The van der Waals surface area contributed by atoms with Crippen molar-refractivity contribution < 1.29 is 5.11 Å². The summed E-state index contributed by atoms with van der Waals surface area (Å²) in [5, 5.41) is 13.4. The highest BCUT2D eigenvalue weighted by molar-refractivity contribution is 4.80. The molecule has 0 amide bonds. The Hall–Kier alpha value is -0.0800. The van der Waals surface area contributed by atoms with E-state index in [1.165, 1.54) is 51.4 Å². The van der Waals surface area contributed by atoms with E-state index < -0.39 is 0 Å². The second-order valence-electron chi connectivity index (χ2n) is 6.60. The minimum absolute atomic E-state index is 0.0224. The van der Waals surface area contributed by atoms with Crippen molar-refractivity contribution in [3.8, 4) is 0 Å². The number of nitrogens with one attached hydrogen (secondary N) is 1. The Labute approximate surface area is 113 Å². The summed E-state index contributed by atoms with van der Waals surface area (Å²) in [6.45, 7) is 3.44. The second-order valence-corrected chi connectivity index (χ2v) is 6.60. The van der Waals surface area contributed by atoms with Crippen LogP contribution in [0.2, 0.25) is 0 Å². The Balaban J connectivity index is 1.60. The van der Waals surface area contributed by atoms with E-state index in [0.29, 0.717) is 0 Å². The second kappa shape index (κ2) is 7.49. The molecule has 0 aromatic carbocycles. The molecule has 2 heteroatoms. The van der Waals surface area contributed by atoms with E-state index in [-0.39, 0.29) is 6.10 Å². The maximum absolute atomic E-state index is 9.68. The van der Waals surface area contributed by atoms with Gasteiger partial charge >= 0.3 is 0 Å². The van der Waals surface area contributed by atoms with Crippen molar-refractivity contribution in [3.63, 3.8) is 0 Å². The SMILES string of the molecule is CCCC1CCC(NCC2CCCC(O)C2)CC1. The average Bonchev–Trinajstić information content (AvgIpc) is 2.38. The molecule has 2 nitrogen and oxygen atoms in total. The first kappa shape index (κ1) is 14.3. The molecule has 0 aliphatic heterocycles. The quantitative estimate of drug-likeness (QED) is 0.786. The van der Waals surface area contributed by atoms with E-state index in [4.69, 9.17) is 0 Å². The van der Waals surface area contributed by atoms with Crippen LogP contribution in [-0.4, -0.2) is 23.8 Å². The smallest absolute Gasteiger partial charge is 0.0543 e. The lowest BCUT2D eigenvalue weighted by Crippen LogP contribution is -2.38. The van der Waals surface area contributed by atoms with Gasteiger partial charge in [-0.25, -0.2) is 0 Å². The van der Waals surface area contributed by atoms with E-state index in [0.717, 1.165) is 37.3 Å². The third kappa shape index (κ3) is 4.55. The van der Waals surface area contributed by atoms with Crippen molar-refractivity contribution in [2.24, 2.45) is 11.8 Å². The molecule has 106 valence electrons. The zero-order valence-electron chi connectivity index (χ0n) is 12.0. The van der Waals surface area contributed by atoms with Gasteiger partial charge in [-0.1, -0.05) is 26.2 Å². The summed E-state index contributed by atoms with van der Waals surface area (Å²) in [7, 11) is 0. The molecule has 2 rings (SSSR count). The van der Waals surface area contributed by atoms with E-state index in [1.54, 1.807) is 0 Å². The highest BCUT2D eigenvalue weighted by Crippen LogP contribution is 2.28. The van der Waals surface area contributed by atoms with Crippen LogP contribution >= 0.6 is 0 Å². The third-order valence-corrected chi connectivity index (χ3v) is 4.99. The van der Waals surface area contributed by atoms with Crippen molar-refractivity contribution in [1.29, 1.82) is 0 Å². The van der Waals surface area contributed by atoms with Gasteiger partial charge in [0.15, 0.2) is 0 Å². The maximum atomic E-state index is 9.68. The summed E-state index contributed by atoms with van der Waals surface area (Å²) >= 11 is 0. The highest BCUT2D eigenvalue weighted by atomic mass is 16.3. The zero-order valence-corrected chi connectivity index (χ0v) is 12.0. The van der Waals surface area contributed by atoms with Gasteiger partial charge in [-0.05, 0) is 63.3 Å². The number of aliphatic hydroxyl groups excluding tert-OH is 1. The predicted octanol–water partition coefficient (Wildman–Crippen LogP) is 3.49. The summed E-state index contributed by atoms with van der Waals surface area (Å²) in [6, 6.07) is 0.761. The third-order valence-electron chi connectivity index (χ3n) is 4.99. The van der Waals surface area contributed by atoms with Gasteiger partial charge in [0.1, 0.15) is 0 Å². The standard InChI is InChI=1S/C16H31NO/c1-2-4-13-7-9-15(10-8-13)17-12-14-5-3-6-16(18)11-14/h13-18H,2-12H2,1H3.